The summed E-state index contributed by atoms with van der Waals surface area (Å²) < 4.78 is 5.41. The number of hydrogen-bond acceptors (Lipinski definition) is 4. The normalized spacial score (nSPS) is 12.0. The summed E-state index contributed by atoms with van der Waals surface area (Å²) in [6.45, 7) is 2.71. The van der Waals surface area contributed by atoms with Crippen LogP contribution in [0.2, 0.25) is 0 Å². The number of anilines is 1. The van der Waals surface area contributed by atoms with Crippen LogP contribution in [-0.2, 0) is 13.0 Å². The monoisotopic (exact) mass is 285 g/mol. The van der Waals surface area contributed by atoms with Gasteiger partial charge in [0.25, 0.3) is 0 Å². The van der Waals surface area contributed by atoms with Gasteiger partial charge < -0.3 is 15.4 Å². The third kappa shape index (κ3) is 3.73. The molecule has 2 N–H and O–H groups in total. The zero-order valence-corrected chi connectivity index (χ0v) is 12.9. The maximum atomic E-state index is 5.60. The number of ether oxygens (including phenoxy) is 1. The minimum absolute atomic E-state index is 0.317. The number of para-hydroxylation sites is 1. The minimum atomic E-state index is 0.317. The molecule has 2 rings (SSSR count). The van der Waals surface area contributed by atoms with Crippen molar-refractivity contribution in [3.05, 3.63) is 53.7 Å². The molecule has 21 heavy (non-hydrogen) atoms. The zero-order valence-electron chi connectivity index (χ0n) is 12.9. The average Bonchev–Trinajstić information content (AvgIpc) is 2.54. The van der Waals surface area contributed by atoms with E-state index in [4.69, 9.17) is 10.5 Å². The van der Waals surface area contributed by atoms with Crippen LogP contribution in [0.5, 0.6) is 5.75 Å². The summed E-state index contributed by atoms with van der Waals surface area (Å²) in [5.74, 6) is 1.89. The van der Waals surface area contributed by atoms with Crippen molar-refractivity contribution in [2.45, 2.75) is 25.9 Å². The summed E-state index contributed by atoms with van der Waals surface area (Å²) in [6, 6.07) is 12.5. The maximum Gasteiger partial charge on any atom is 0.128 e. The van der Waals surface area contributed by atoms with Gasteiger partial charge in [0.1, 0.15) is 11.6 Å². The number of nitrogens with zero attached hydrogens (tertiary/aromatic N) is 2. The first-order valence-electron chi connectivity index (χ1n) is 7.15. The standard InChI is InChI=1S/C17H23N3O/c1-13(10-15-6-4-5-7-16(15)21-3)20(2)17-9-8-14(11-18)12-19-17/h4-9,12-13H,10-11,18H2,1-3H3. The summed E-state index contributed by atoms with van der Waals surface area (Å²) in [5, 5.41) is 0. The molecule has 112 valence electrons. The van der Waals surface area contributed by atoms with Crippen molar-refractivity contribution in [3.8, 4) is 5.75 Å². The smallest absolute Gasteiger partial charge is 0.128 e. The van der Waals surface area contributed by atoms with Crippen LogP contribution < -0.4 is 15.4 Å². The van der Waals surface area contributed by atoms with E-state index in [1.807, 2.05) is 36.5 Å². The summed E-state index contributed by atoms with van der Waals surface area (Å²) in [6.07, 6.45) is 2.74. The van der Waals surface area contributed by atoms with Crippen molar-refractivity contribution >= 4 is 5.82 Å². The second-order valence-corrected chi connectivity index (χ2v) is 5.20. The van der Waals surface area contributed by atoms with Crippen molar-refractivity contribution in [2.75, 3.05) is 19.1 Å². The lowest BCUT2D eigenvalue weighted by Gasteiger charge is -2.26. The molecule has 0 bridgehead atoms. The SMILES string of the molecule is COc1ccccc1CC(C)N(C)c1ccc(CN)cn1. The highest BCUT2D eigenvalue weighted by Gasteiger charge is 2.14. The van der Waals surface area contributed by atoms with E-state index in [9.17, 15) is 0 Å². The van der Waals surface area contributed by atoms with Crippen LogP contribution >= 0.6 is 0 Å². The number of nitrogens with two attached hydrogens (primary N) is 1. The largest absolute Gasteiger partial charge is 0.496 e. The Labute approximate surface area is 126 Å². The predicted octanol–water partition coefficient (Wildman–Crippen LogP) is 2.62. The Bertz CT molecular complexity index is 569. The molecule has 1 unspecified atom stereocenters. The van der Waals surface area contributed by atoms with Gasteiger partial charge in [-0.2, -0.15) is 0 Å². The molecule has 0 amide bonds. The lowest BCUT2D eigenvalue weighted by atomic mass is 10.1. The third-order valence-electron chi connectivity index (χ3n) is 3.78. The van der Waals surface area contributed by atoms with E-state index >= 15 is 0 Å². The van der Waals surface area contributed by atoms with E-state index in [-0.39, 0.29) is 0 Å². The van der Waals surface area contributed by atoms with Crippen LogP contribution in [0.25, 0.3) is 0 Å². The van der Waals surface area contributed by atoms with E-state index in [1.54, 1.807) is 7.11 Å². The second kappa shape index (κ2) is 7.09. The Morgan fingerprint density at radius 2 is 2.00 bits per heavy atom. The van der Waals surface area contributed by atoms with Crippen LogP contribution in [0.3, 0.4) is 0 Å². The van der Waals surface area contributed by atoms with Crippen molar-refractivity contribution in [3.63, 3.8) is 0 Å². The van der Waals surface area contributed by atoms with Gasteiger partial charge in [0.15, 0.2) is 0 Å². The van der Waals surface area contributed by atoms with Gasteiger partial charge in [-0.25, -0.2) is 4.98 Å². The maximum absolute atomic E-state index is 5.60. The first-order valence-corrected chi connectivity index (χ1v) is 7.15. The van der Waals surface area contributed by atoms with Gasteiger partial charge >= 0.3 is 0 Å². The summed E-state index contributed by atoms with van der Waals surface area (Å²) >= 11 is 0. The molecule has 0 fully saturated rings. The average molecular weight is 285 g/mol. The molecule has 2 aromatic rings. The van der Waals surface area contributed by atoms with Gasteiger partial charge in [-0.1, -0.05) is 24.3 Å². The second-order valence-electron chi connectivity index (χ2n) is 5.20. The van der Waals surface area contributed by atoms with Crippen molar-refractivity contribution in [2.24, 2.45) is 5.73 Å². The minimum Gasteiger partial charge on any atom is -0.496 e. The highest BCUT2D eigenvalue weighted by atomic mass is 16.5. The number of rotatable bonds is 6. The molecule has 0 aliphatic heterocycles. The Hall–Kier alpha value is -2.07. The molecule has 1 atom stereocenters. The zero-order chi connectivity index (χ0) is 15.2. The molecule has 1 aromatic heterocycles. The Balaban J connectivity index is 2.09. The Morgan fingerprint density at radius 1 is 1.24 bits per heavy atom. The van der Waals surface area contributed by atoms with Crippen LogP contribution in [0.1, 0.15) is 18.1 Å². The number of pyridine rings is 1. The van der Waals surface area contributed by atoms with Crippen LogP contribution in [0.4, 0.5) is 5.82 Å². The summed E-state index contributed by atoms with van der Waals surface area (Å²) in [4.78, 5) is 6.64. The van der Waals surface area contributed by atoms with E-state index < -0.39 is 0 Å². The van der Waals surface area contributed by atoms with Crippen LogP contribution in [-0.4, -0.2) is 25.2 Å². The Kier molecular flexibility index (Phi) is 5.17. The molecule has 4 heteroatoms. The van der Waals surface area contributed by atoms with Crippen molar-refractivity contribution in [1.29, 1.82) is 0 Å². The van der Waals surface area contributed by atoms with E-state index in [1.165, 1.54) is 5.56 Å². The van der Waals surface area contributed by atoms with Crippen molar-refractivity contribution < 1.29 is 4.74 Å². The highest BCUT2D eigenvalue weighted by molar-refractivity contribution is 5.41. The third-order valence-corrected chi connectivity index (χ3v) is 3.78. The fourth-order valence-corrected chi connectivity index (χ4v) is 2.30. The topological polar surface area (TPSA) is 51.4 Å². The highest BCUT2D eigenvalue weighted by Crippen LogP contribution is 2.22. The first kappa shape index (κ1) is 15.3. The molecule has 0 radical (unpaired) electrons. The van der Waals surface area contributed by atoms with Gasteiger partial charge in [0.05, 0.1) is 7.11 Å². The lowest BCUT2D eigenvalue weighted by Crippen LogP contribution is -2.31. The molecule has 0 saturated heterocycles. The molecule has 0 spiro atoms. The molecule has 0 saturated carbocycles. The molecule has 4 nitrogen and oxygen atoms in total. The van der Waals surface area contributed by atoms with Gasteiger partial charge in [-0.3, -0.25) is 0 Å². The van der Waals surface area contributed by atoms with E-state index in [2.05, 4.69) is 29.9 Å². The van der Waals surface area contributed by atoms with Crippen LogP contribution in [0.15, 0.2) is 42.6 Å². The Morgan fingerprint density at radius 3 is 2.62 bits per heavy atom. The van der Waals surface area contributed by atoms with Gasteiger partial charge in [0, 0.05) is 25.8 Å². The molecular weight excluding hydrogens is 262 g/mol. The molecule has 1 heterocycles. The number of aromatic nitrogens is 1. The number of benzene rings is 1. The van der Waals surface area contributed by atoms with Gasteiger partial charge in [0.2, 0.25) is 0 Å². The summed E-state index contributed by atoms with van der Waals surface area (Å²) in [7, 11) is 3.77. The quantitative estimate of drug-likeness (QED) is 0.886. The molecule has 1 aromatic carbocycles. The van der Waals surface area contributed by atoms with Gasteiger partial charge in [-0.15, -0.1) is 0 Å². The lowest BCUT2D eigenvalue weighted by molar-refractivity contribution is 0.408. The number of methoxy groups -OCH3 is 1. The fourth-order valence-electron chi connectivity index (χ4n) is 2.30. The van der Waals surface area contributed by atoms with Crippen LogP contribution in [0, 0.1) is 0 Å². The van der Waals surface area contributed by atoms with Gasteiger partial charge in [-0.05, 0) is 36.6 Å². The van der Waals surface area contributed by atoms with E-state index in [0.29, 0.717) is 12.6 Å². The number of hydrogen-bond donors (Lipinski definition) is 1. The number of likely N-dealkylation sites (N-methyl/N-ethyl adjacent to an activating group) is 1. The fraction of sp³-hybridized carbons (Fsp3) is 0.353. The molecular formula is C17H23N3O. The van der Waals surface area contributed by atoms with E-state index in [0.717, 1.165) is 23.6 Å². The molecule has 0 aliphatic rings. The predicted molar refractivity (Wildman–Crippen MR) is 86.7 cm³/mol. The van der Waals surface area contributed by atoms with Crippen molar-refractivity contribution in [1.82, 2.24) is 4.98 Å². The summed E-state index contributed by atoms with van der Waals surface area (Å²) in [5.41, 5.74) is 7.85. The molecule has 0 aliphatic carbocycles. The first-order chi connectivity index (χ1) is 10.2.